The molecule has 0 saturated heterocycles. The fourth-order valence-electron chi connectivity index (χ4n) is 1.08. The summed E-state index contributed by atoms with van der Waals surface area (Å²) in [6, 6.07) is 1.98. The molecule has 0 spiro atoms. The van der Waals surface area contributed by atoms with Crippen molar-refractivity contribution in [3.05, 3.63) is 0 Å². The van der Waals surface area contributed by atoms with Crippen LogP contribution in [0.2, 0.25) is 0 Å². The highest BCUT2D eigenvalue weighted by atomic mass is 32.2. The van der Waals surface area contributed by atoms with E-state index in [1.807, 2.05) is 19.9 Å². The van der Waals surface area contributed by atoms with Crippen molar-refractivity contribution in [2.24, 2.45) is 5.92 Å². The molecule has 0 fully saturated rings. The summed E-state index contributed by atoms with van der Waals surface area (Å²) in [7, 11) is 0.559. The molecule has 0 aliphatic rings. The summed E-state index contributed by atoms with van der Waals surface area (Å²) in [4.78, 5) is 13.0. The van der Waals surface area contributed by atoms with Crippen molar-refractivity contribution >= 4 is 16.7 Å². The van der Waals surface area contributed by atoms with Crippen molar-refractivity contribution in [2.75, 3.05) is 25.1 Å². The second-order valence-corrected chi connectivity index (χ2v) is 5.49. The summed E-state index contributed by atoms with van der Waals surface area (Å²) in [6.07, 6.45) is 1.30. The van der Waals surface area contributed by atoms with Gasteiger partial charge in [-0.3, -0.25) is 9.00 Å². The van der Waals surface area contributed by atoms with E-state index in [0.717, 1.165) is 6.42 Å². The molecular formula is C11H20N2O2S. The maximum absolute atomic E-state index is 11.6. The lowest BCUT2D eigenvalue weighted by atomic mass is 10.2. The molecule has 0 heterocycles. The summed E-state index contributed by atoms with van der Waals surface area (Å²) < 4.78 is 11.6. The first kappa shape index (κ1) is 15.1. The molecule has 0 aromatic heterocycles. The zero-order valence-electron chi connectivity index (χ0n) is 10.2. The highest BCUT2D eigenvalue weighted by molar-refractivity contribution is 7.85. The maximum Gasteiger partial charge on any atom is 0.234 e. The molecule has 0 aromatic rings. The van der Waals surface area contributed by atoms with Crippen molar-refractivity contribution in [3.63, 3.8) is 0 Å². The molecule has 0 radical (unpaired) electrons. The number of nitrogens with zero attached hydrogens (tertiary/aromatic N) is 2. The third-order valence-electron chi connectivity index (χ3n) is 2.44. The molecule has 2 atom stereocenters. The smallest absolute Gasteiger partial charge is 0.234 e. The van der Waals surface area contributed by atoms with Crippen LogP contribution >= 0.6 is 0 Å². The fraction of sp³-hybridized carbons (Fsp3) is 0.818. The summed E-state index contributed by atoms with van der Waals surface area (Å²) in [5.41, 5.74) is 0. The van der Waals surface area contributed by atoms with Crippen molar-refractivity contribution < 1.29 is 9.00 Å². The van der Waals surface area contributed by atoms with E-state index in [0.29, 0.717) is 24.6 Å². The molecule has 5 heteroatoms. The van der Waals surface area contributed by atoms with Gasteiger partial charge >= 0.3 is 0 Å². The van der Waals surface area contributed by atoms with Gasteiger partial charge in [-0.15, -0.1) is 0 Å². The Kier molecular flexibility index (Phi) is 7.82. The zero-order chi connectivity index (χ0) is 12.6. The number of hydrogen-bond donors (Lipinski definition) is 0. The fourth-order valence-corrected chi connectivity index (χ4v) is 2.57. The topological polar surface area (TPSA) is 61.2 Å². The van der Waals surface area contributed by atoms with Gasteiger partial charge < -0.3 is 4.90 Å². The Balaban J connectivity index is 3.95. The molecule has 0 aliphatic carbocycles. The predicted molar refractivity (Wildman–Crippen MR) is 65.2 cm³/mol. The van der Waals surface area contributed by atoms with Crippen LogP contribution < -0.4 is 0 Å². The zero-order valence-corrected chi connectivity index (χ0v) is 11.0. The first-order chi connectivity index (χ1) is 7.51. The molecule has 16 heavy (non-hydrogen) atoms. The van der Waals surface area contributed by atoms with Gasteiger partial charge in [0.25, 0.3) is 0 Å². The van der Waals surface area contributed by atoms with Crippen LogP contribution in [-0.4, -0.2) is 40.1 Å². The van der Waals surface area contributed by atoms with Crippen LogP contribution in [0.25, 0.3) is 0 Å². The van der Waals surface area contributed by atoms with Gasteiger partial charge in [-0.1, -0.05) is 20.3 Å². The monoisotopic (exact) mass is 244 g/mol. The third kappa shape index (κ3) is 6.57. The molecular weight excluding hydrogens is 224 g/mol. The molecule has 0 rings (SSSR count). The molecule has 1 amide bonds. The number of rotatable bonds is 7. The number of amides is 1. The maximum atomic E-state index is 11.6. The Hall–Kier alpha value is -0.890. The van der Waals surface area contributed by atoms with Crippen LogP contribution in [0.5, 0.6) is 0 Å². The van der Waals surface area contributed by atoms with Gasteiger partial charge in [-0.25, -0.2) is 0 Å². The molecule has 4 nitrogen and oxygen atoms in total. The quantitative estimate of drug-likeness (QED) is 0.675. The van der Waals surface area contributed by atoms with Gasteiger partial charge in [-0.2, -0.15) is 5.26 Å². The first-order valence-electron chi connectivity index (χ1n) is 5.47. The lowest BCUT2D eigenvalue weighted by Gasteiger charge is -2.15. The average Bonchev–Trinajstić information content (AvgIpc) is 2.25. The molecule has 92 valence electrons. The summed E-state index contributed by atoms with van der Waals surface area (Å²) in [6.45, 7) is 4.49. The van der Waals surface area contributed by atoms with E-state index in [1.165, 1.54) is 4.90 Å². The lowest BCUT2D eigenvalue weighted by Crippen LogP contribution is -2.32. The number of nitriles is 1. The van der Waals surface area contributed by atoms with E-state index in [9.17, 15) is 9.00 Å². The van der Waals surface area contributed by atoms with Crippen molar-refractivity contribution in [3.8, 4) is 6.07 Å². The average molecular weight is 244 g/mol. The highest BCUT2D eigenvalue weighted by Gasteiger charge is 2.14. The van der Waals surface area contributed by atoms with Crippen LogP contribution in [0, 0.1) is 17.2 Å². The van der Waals surface area contributed by atoms with Crippen molar-refractivity contribution in [1.82, 2.24) is 4.90 Å². The summed E-state index contributed by atoms with van der Waals surface area (Å²) in [5, 5.41) is 8.38. The number of carbonyl (C=O) groups is 1. The van der Waals surface area contributed by atoms with Gasteiger partial charge in [0.15, 0.2) is 0 Å². The van der Waals surface area contributed by atoms with Crippen LogP contribution in [0.1, 0.15) is 26.7 Å². The van der Waals surface area contributed by atoms with E-state index < -0.39 is 10.8 Å². The molecule has 0 bridgehead atoms. The highest BCUT2D eigenvalue weighted by Crippen LogP contribution is 2.03. The SMILES string of the molecule is CCC(C)CS(=O)CC(=O)N(C)CCC#N. The standard InChI is InChI=1S/C11H20N2O2S/c1-4-10(2)8-16(15)9-11(14)13(3)7-5-6-12/h10H,4-5,7-9H2,1-3H3. The number of carbonyl (C=O) groups excluding carboxylic acids is 1. The van der Waals surface area contributed by atoms with Crippen LogP contribution in [0.3, 0.4) is 0 Å². The Labute approximate surface area is 100 Å². The van der Waals surface area contributed by atoms with Gasteiger partial charge in [0, 0.05) is 30.1 Å². The molecule has 0 aliphatic heterocycles. The van der Waals surface area contributed by atoms with E-state index in [1.54, 1.807) is 7.05 Å². The van der Waals surface area contributed by atoms with Gasteiger partial charge in [0.05, 0.1) is 12.5 Å². The van der Waals surface area contributed by atoms with E-state index >= 15 is 0 Å². The number of hydrogen-bond acceptors (Lipinski definition) is 3. The lowest BCUT2D eigenvalue weighted by molar-refractivity contribution is -0.127. The Morgan fingerprint density at radius 3 is 2.69 bits per heavy atom. The molecule has 2 unspecified atom stereocenters. The summed E-state index contributed by atoms with van der Waals surface area (Å²) >= 11 is 0. The van der Waals surface area contributed by atoms with E-state index in [-0.39, 0.29) is 11.7 Å². The molecule has 0 N–H and O–H groups in total. The minimum absolute atomic E-state index is 0.0757. The van der Waals surface area contributed by atoms with E-state index in [2.05, 4.69) is 0 Å². The largest absolute Gasteiger partial charge is 0.344 e. The van der Waals surface area contributed by atoms with Gasteiger partial charge in [0.1, 0.15) is 5.75 Å². The van der Waals surface area contributed by atoms with Crippen molar-refractivity contribution in [2.45, 2.75) is 26.7 Å². The second-order valence-electron chi connectivity index (χ2n) is 3.99. The van der Waals surface area contributed by atoms with Crippen LogP contribution in [-0.2, 0) is 15.6 Å². The minimum Gasteiger partial charge on any atom is -0.344 e. The Morgan fingerprint density at radius 1 is 1.56 bits per heavy atom. The van der Waals surface area contributed by atoms with Crippen molar-refractivity contribution in [1.29, 1.82) is 5.26 Å². The molecule has 0 aromatic carbocycles. The third-order valence-corrected chi connectivity index (χ3v) is 3.95. The van der Waals surface area contributed by atoms with Gasteiger partial charge in [0.2, 0.25) is 5.91 Å². The summed E-state index contributed by atoms with van der Waals surface area (Å²) in [5.74, 6) is 0.899. The normalized spacial score (nSPS) is 13.9. The van der Waals surface area contributed by atoms with Crippen LogP contribution in [0.4, 0.5) is 0 Å². The predicted octanol–water partition coefficient (Wildman–Crippen LogP) is 1.15. The van der Waals surface area contributed by atoms with Gasteiger partial charge in [-0.05, 0) is 5.92 Å². The van der Waals surface area contributed by atoms with Crippen LogP contribution in [0.15, 0.2) is 0 Å². The second kappa shape index (κ2) is 8.28. The first-order valence-corrected chi connectivity index (χ1v) is 6.95. The Bertz CT molecular complexity index is 286. The minimum atomic E-state index is -1.08. The van der Waals surface area contributed by atoms with E-state index in [4.69, 9.17) is 5.26 Å². The Morgan fingerprint density at radius 2 is 2.19 bits per heavy atom. The molecule has 0 saturated carbocycles.